The van der Waals surface area contributed by atoms with E-state index >= 15 is 0 Å². The Kier molecular flexibility index (Phi) is 4.16. The maximum absolute atomic E-state index is 4.88. The first-order valence-electron chi connectivity index (χ1n) is 7.96. The summed E-state index contributed by atoms with van der Waals surface area (Å²) in [4.78, 5) is 7.38. The predicted octanol–water partition coefficient (Wildman–Crippen LogP) is 3.17. The topological polar surface area (TPSA) is 32.6 Å². The molecule has 4 nitrogen and oxygen atoms in total. The molecule has 1 aliphatic rings. The molecule has 2 aromatic heterocycles. The van der Waals surface area contributed by atoms with Crippen molar-refractivity contribution in [1.82, 2.24) is 19.6 Å². The monoisotopic (exact) mass is 370 g/mol. The molecule has 1 fully saturated rings. The zero-order valence-corrected chi connectivity index (χ0v) is 14.5. The second-order valence-corrected chi connectivity index (χ2v) is 6.78. The normalized spacial score (nSPS) is 16.0. The van der Waals surface area contributed by atoms with Gasteiger partial charge in [0, 0.05) is 49.0 Å². The van der Waals surface area contributed by atoms with Crippen LogP contribution in [0.2, 0.25) is 0 Å². The lowest BCUT2D eigenvalue weighted by Crippen LogP contribution is -2.43. The van der Waals surface area contributed by atoms with Crippen molar-refractivity contribution in [2.24, 2.45) is 0 Å². The van der Waals surface area contributed by atoms with Gasteiger partial charge in [-0.1, -0.05) is 34.1 Å². The maximum atomic E-state index is 4.88. The molecule has 118 valence electrons. The number of pyridine rings is 1. The zero-order chi connectivity index (χ0) is 15.6. The fourth-order valence-corrected chi connectivity index (χ4v) is 3.38. The molecule has 1 saturated heterocycles. The number of rotatable bonds is 3. The molecule has 3 aromatic rings. The van der Waals surface area contributed by atoms with Gasteiger partial charge in [-0.3, -0.25) is 4.90 Å². The fraction of sp³-hybridized carbons (Fsp3) is 0.278. The summed E-state index contributed by atoms with van der Waals surface area (Å²) in [5.74, 6) is 0. The maximum Gasteiger partial charge on any atom is 0.137 e. The summed E-state index contributed by atoms with van der Waals surface area (Å²) in [6.45, 7) is 5.21. The quantitative estimate of drug-likeness (QED) is 0.768. The Morgan fingerprint density at radius 1 is 1.04 bits per heavy atom. The van der Waals surface area contributed by atoms with E-state index in [9.17, 15) is 0 Å². The van der Waals surface area contributed by atoms with Crippen LogP contribution in [0.4, 0.5) is 0 Å². The Hall–Kier alpha value is -1.69. The number of piperazine rings is 1. The van der Waals surface area contributed by atoms with Crippen molar-refractivity contribution < 1.29 is 0 Å². The number of nitrogens with one attached hydrogen (secondary N) is 1. The molecule has 0 bridgehead atoms. The third-order valence-electron chi connectivity index (χ3n) is 4.33. The molecule has 1 N–H and O–H groups in total. The molecule has 1 aromatic carbocycles. The number of halogens is 1. The molecule has 23 heavy (non-hydrogen) atoms. The third-order valence-corrected chi connectivity index (χ3v) is 4.86. The van der Waals surface area contributed by atoms with Gasteiger partial charge in [-0.05, 0) is 24.3 Å². The van der Waals surface area contributed by atoms with E-state index in [1.54, 1.807) is 0 Å². The van der Waals surface area contributed by atoms with Gasteiger partial charge >= 0.3 is 0 Å². The number of aromatic nitrogens is 2. The molecule has 0 unspecified atom stereocenters. The van der Waals surface area contributed by atoms with E-state index < -0.39 is 0 Å². The molecule has 0 atom stereocenters. The van der Waals surface area contributed by atoms with E-state index in [0.29, 0.717) is 0 Å². The van der Waals surface area contributed by atoms with Gasteiger partial charge in [0.25, 0.3) is 0 Å². The van der Waals surface area contributed by atoms with Gasteiger partial charge in [-0.25, -0.2) is 4.98 Å². The Balaban J connectivity index is 1.79. The van der Waals surface area contributed by atoms with Crippen molar-refractivity contribution in [2.75, 3.05) is 26.2 Å². The summed E-state index contributed by atoms with van der Waals surface area (Å²) >= 11 is 3.51. The van der Waals surface area contributed by atoms with Crippen LogP contribution in [0.5, 0.6) is 0 Å². The van der Waals surface area contributed by atoms with Crippen molar-refractivity contribution in [1.29, 1.82) is 0 Å². The number of benzene rings is 1. The SMILES string of the molecule is Brc1ccc(-c2nc3ccccn3c2CN2CCNCC2)cc1. The second kappa shape index (κ2) is 6.43. The Morgan fingerprint density at radius 3 is 2.61 bits per heavy atom. The third kappa shape index (κ3) is 3.04. The number of imidazole rings is 1. The summed E-state index contributed by atoms with van der Waals surface area (Å²) in [7, 11) is 0. The summed E-state index contributed by atoms with van der Waals surface area (Å²) < 4.78 is 3.31. The number of hydrogen-bond acceptors (Lipinski definition) is 3. The molecule has 0 aliphatic carbocycles. The van der Waals surface area contributed by atoms with E-state index in [4.69, 9.17) is 4.98 Å². The molecule has 0 radical (unpaired) electrons. The average molecular weight is 371 g/mol. The van der Waals surface area contributed by atoms with Crippen LogP contribution in [0.3, 0.4) is 0 Å². The van der Waals surface area contributed by atoms with E-state index in [2.05, 4.69) is 73.1 Å². The van der Waals surface area contributed by atoms with Crippen LogP contribution in [0.15, 0.2) is 53.1 Å². The molecule has 3 heterocycles. The standard InChI is InChI=1S/C18H19BrN4/c19-15-6-4-14(5-7-15)18-16(13-22-11-8-20-9-12-22)23-10-2-1-3-17(23)21-18/h1-7,10,20H,8-9,11-13H2. The molecule has 0 saturated carbocycles. The highest BCUT2D eigenvalue weighted by Gasteiger charge is 2.18. The number of nitrogens with zero attached hydrogens (tertiary/aromatic N) is 3. The van der Waals surface area contributed by atoms with Crippen LogP contribution in [-0.2, 0) is 6.54 Å². The van der Waals surface area contributed by atoms with Gasteiger partial charge in [0.05, 0.1) is 11.4 Å². The van der Waals surface area contributed by atoms with Crippen molar-refractivity contribution >= 4 is 21.6 Å². The van der Waals surface area contributed by atoms with Crippen molar-refractivity contribution in [3.8, 4) is 11.3 Å². The molecule has 5 heteroatoms. The second-order valence-electron chi connectivity index (χ2n) is 5.87. The van der Waals surface area contributed by atoms with Crippen molar-refractivity contribution in [3.63, 3.8) is 0 Å². The van der Waals surface area contributed by atoms with Crippen molar-refractivity contribution in [3.05, 3.63) is 58.8 Å². The number of fused-ring (bicyclic) bond motifs is 1. The summed E-state index contributed by atoms with van der Waals surface area (Å²) in [5, 5.41) is 3.41. The van der Waals surface area contributed by atoms with Crippen LogP contribution < -0.4 is 5.32 Å². The summed E-state index contributed by atoms with van der Waals surface area (Å²) in [6, 6.07) is 14.6. The molecule has 4 rings (SSSR count). The zero-order valence-electron chi connectivity index (χ0n) is 12.9. The van der Waals surface area contributed by atoms with Gasteiger partial charge < -0.3 is 9.72 Å². The molecule has 1 aliphatic heterocycles. The highest BCUT2D eigenvalue weighted by Crippen LogP contribution is 2.27. The first-order valence-corrected chi connectivity index (χ1v) is 8.75. The van der Waals surface area contributed by atoms with Crippen LogP contribution >= 0.6 is 15.9 Å². The highest BCUT2D eigenvalue weighted by molar-refractivity contribution is 9.10. The van der Waals surface area contributed by atoms with Crippen LogP contribution in [-0.4, -0.2) is 40.5 Å². The minimum Gasteiger partial charge on any atom is -0.314 e. The lowest BCUT2D eigenvalue weighted by Gasteiger charge is -2.27. The first-order chi connectivity index (χ1) is 11.3. The van der Waals surface area contributed by atoms with Gasteiger partial charge in [-0.15, -0.1) is 0 Å². The minimum absolute atomic E-state index is 0.929. The average Bonchev–Trinajstić information content (AvgIpc) is 2.95. The summed E-state index contributed by atoms with van der Waals surface area (Å²) in [6.07, 6.45) is 2.11. The lowest BCUT2D eigenvalue weighted by molar-refractivity contribution is 0.230. The Labute approximate surface area is 144 Å². The van der Waals surface area contributed by atoms with E-state index in [-0.39, 0.29) is 0 Å². The van der Waals surface area contributed by atoms with Crippen LogP contribution in [0.1, 0.15) is 5.69 Å². The molecular weight excluding hydrogens is 352 g/mol. The minimum atomic E-state index is 0.929. The lowest BCUT2D eigenvalue weighted by atomic mass is 10.1. The molecule has 0 amide bonds. The van der Waals surface area contributed by atoms with E-state index in [0.717, 1.165) is 48.5 Å². The first kappa shape index (κ1) is 14.9. The van der Waals surface area contributed by atoms with E-state index in [1.165, 1.54) is 11.3 Å². The summed E-state index contributed by atoms with van der Waals surface area (Å²) in [5.41, 5.74) is 4.53. The highest BCUT2D eigenvalue weighted by atomic mass is 79.9. The Morgan fingerprint density at radius 2 is 1.83 bits per heavy atom. The van der Waals surface area contributed by atoms with Gasteiger partial charge in [0.1, 0.15) is 5.65 Å². The predicted molar refractivity (Wildman–Crippen MR) is 96.5 cm³/mol. The van der Waals surface area contributed by atoms with Gasteiger partial charge in [0.2, 0.25) is 0 Å². The molecular formula is C18H19BrN4. The van der Waals surface area contributed by atoms with Gasteiger partial charge in [-0.2, -0.15) is 0 Å². The van der Waals surface area contributed by atoms with Crippen LogP contribution in [0.25, 0.3) is 16.9 Å². The Bertz CT molecular complexity index is 804. The van der Waals surface area contributed by atoms with Crippen molar-refractivity contribution in [2.45, 2.75) is 6.54 Å². The van der Waals surface area contributed by atoms with Gasteiger partial charge in [0.15, 0.2) is 0 Å². The number of hydrogen-bond donors (Lipinski definition) is 1. The largest absolute Gasteiger partial charge is 0.314 e. The van der Waals surface area contributed by atoms with E-state index in [1.807, 2.05) is 6.07 Å². The smallest absolute Gasteiger partial charge is 0.137 e. The van der Waals surface area contributed by atoms with Crippen LogP contribution in [0, 0.1) is 0 Å². The molecule has 0 spiro atoms. The fourth-order valence-electron chi connectivity index (χ4n) is 3.12.